The Balaban J connectivity index is 1.80. The lowest BCUT2D eigenvalue weighted by atomic mass is 9.85. The van der Waals surface area contributed by atoms with Gasteiger partial charge in [-0.1, -0.05) is 41.0 Å². The number of amides is 2. The molecule has 2 amide bonds. The van der Waals surface area contributed by atoms with Gasteiger partial charge >= 0.3 is 0 Å². The van der Waals surface area contributed by atoms with Gasteiger partial charge in [0.05, 0.1) is 17.5 Å². The summed E-state index contributed by atoms with van der Waals surface area (Å²) >= 11 is 6.08. The molecule has 1 saturated carbocycles. The van der Waals surface area contributed by atoms with E-state index in [9.17, 15) is 9.59 Å². The standard InChI is InChI=1S/C19H18ClNO2/c1-9(2)15-12-6-7-13(15)17-16(12)18(22)21(19(17)23)14-8-11(20)5-4-10(14)3/h4-8,12-13,16-17H,1-3H3/t12-,13-,16-,17-/m0/s1. The van der Waals surface area contributed by atoms with Crippen molar-refractivity contribution in [1.82, 2.24) is 0 Å². The quantitative estimate of drug-likeness (QED) is 0.579. The predicted molar refractivity (Wildman–Crippen MR) is 90.2 cm³/mol. The van der Waals surface area contributed by atoms with Crippen molar-refractivity contribution in [1.29, 1.82) is 0 Å². The van der Waals surface area contributed by atoms with Crippen molar-refractivity contribution in [2.75, 3.05) is 4.90 Å². The van der Waals surface area contributed by atoms with E-state index in [0.717, 1.165) is 5.56 Å². The second kappa shape index (κ2) is 4.81. The van der Waals surface area contributed by atoms with Crippen molar-refractivity contribution in [3.8, 4) is 0 Å². The van der Waals surface area contributed by atoms with E-state index >= 15 is 0 Å². The average Bonchev–Trinajstić information content (AvgIpc) is 3.13. The molecule has 0 N–H and O–H groups in total. The maximum Gasteiger partial charge on any atom is 0.238 e. The zero-order chi connectivity index (χ0) is 16.5. The van der Waals surface area contributed by atoms with Gasteiger partial charge in [0.25, 0.3) is 0 Å². The maximum atomic E-state index is 13.0. The number of benzene rings is 1. The molecule has 1 saturated heterocycles. The van der Waals surface area contributed by atoms with Crippen LogP contribution in [0.2, 0.25) is 5.02 Å². The summed E-state index contributed by atoms with van der Waals surface area (Å²) < 4.78 is 0. The van der Waals surface area contributed by atoms with Gasteiger partial charge in [-0.15, -0.1) is 0 Å². The van der Waals surface area contributed by atoms with E-state index in [1.54, 1.807) is 12.1 Å². The first-order valence-corrected chi connectivity index (χ1v) is 8.29. The summed E-state index contributed by atoms with van der Waals surface area (Å²) in [5.74, 6) is -0.504. The molecular weight excluding hydrogens is 310 g/mol. The van der Waals surface area contributed by atoms with Gasteiger partial charge in [-0.25, -0.2) is 4.90 Å². The Morgan fingerprint density at radius 2 is 1.61 bits per heavy atom. The molecule has 1 aliphatic heterocycles. The van der Waals surface area contributed by atoms with Crippen molar-refractivity contribution in [3.05, 3.63) is 52.1 Å². The zero-order valence-electron chi connectivity index (χ0n) is 13.3. The molecule has 118 valence electrons. The summed E-state index contributed by atoms with van der Waals surface area (Å²) in [6.45, 7) is 6.03. The van der Waals surface area contributed by atoms with Gasteiger partial charge in [-0.3, -0.25) is 9.59 Å². The second-order valence-electron chi connectivity index (χ2n) is 6.89. The monoisotopic (exact) mass is 327 g/mol. The number of allylic oxidation sites excluding steroid dienone is 4. The summed E-state index contributed by atoms with van der Waals surface area (Å²) in [7, 11) is 0. The highest BCUT2D eigenvalue weighted by Gasteiger charge is 2.62. The number of imide groups is 1. The molecule has 0 radical (unpaired) electrons. The van der Waals surface area contributed by atoms with Crippen LogP contribution < -0.4 is 4.90 Å². The molecule has 2 aliphatic carbocycles. The van der Waals surface area contributed by atoms with E-state index in [0.29, 0.717) is 10.7 Å². The largest absolute Gasteiger partial charge is 0.274 e. The van der Waals surface area contributed by atoms with Gasteiger partial charge < -0.3 is 0 Å². The third-order valence-electron chi connectivity index (χ3n) is 5.41. The lowest BCUT2D eigenvalue weighted by Crippen LogP contribution is -2.33. The zero-order valence-corrected chi connectivity index (χ0v) is 14.1. The molecular formula is C19H18ClNO2. The van der Waals surface area contributed by atoms with E-state index in [-0.39, 0.29) is 35.5 Å². The number of hydrogen-bond acceptors (Lipinski definition) is 2. The number of rotatable bonds is 1. The minimum atomic E-state index is -0.249. The summed E-state index contributed by atoms with van der Waals surface area (Å²) in [6.07, 6.45) is 4.21. The Morgan fingerprint density at radius 3 is 2.13 bits per heavy atom. The number of carbonyl (C=O) groups excluding carboxylic acids is 2. The highest BCUT2D eigenvalue weighted by atomic mass is 35.5. The molecule has 0 spiro atoms. The Bertz CT molecular complexity index is 770. The number of nitrogens with zero attached hydrogens (tertiary/aromatic N) is 1. The Morgan fingerprint density at radius 1 is 1.04 bits per heavy atom. The molecule has 1 aromatic rings. The van der Waals surface area contributed by atoms with Crippen LogP contribution in [0.4, 0.5) is 5.69 Å². The van der Waals surface area contributed by atoms with Gasteiger partial charge in [0.1, 0.15) is 0 Å². The normalized spacial score (nSPS) is 31.3. The van der Waals surface area contributed by atoms with Gasteiger partial charge in [0, 0.05) is 16.9 Å². The Hall–Kier alpha value is -1.87. The maximum absolute atomic E-state index is 13.0. The summed E-state index contributed by atoms with van der Waals surface area (Å²) in [6, 6.07) is 5.34. The van der Waals surface area contributed by atoms with Crippen molar-refractivity contribution in [2.24, 2.45) is 23.7 Å². The van der Waals surface area contributed by atoms with Crippen LogP contribution in [0.15, 0.2) is 41.5 Å². The van der Waals surface area contributed by atoms with Crippen LogP contribution in [0.25, 0.3) is 0 Å². The smallest absolute Gasteiger partial charge is 0.238 e. The highest BCUT2D eigenvalue weighted by Crippen LogP contribution is 2.57. The Kier molecular flexibility index (Phi) is 3.08. The number of aryl methyl sites for hydroxylation is 1. The molecule has 1 heterocycles. The van der Waals surface area contributed by atoms with Crippen LogP contribution in [0.1, 0.15) is 19.4 Å². The fourth-order valence-electron chi connectivity index (χ4n) is 4.49. The summed E-state index contributed by atoms with van der Waals surface area (Å²) in [4.78, 5) is 27.4. The highest BCUT2D eigenvalue weighted by molar-refractivity contribution is 6.31. The Labute approximate surface area is 140 Å². The molecule has 3 aliphatic rings. The molecule has 3 nitrogen and oxygen atoms in total. The van der Waals surface area contributed by atoms with Crippen molar-refractivity contribution >= 4 is 29.1 Å². The van der Waals surface area contributed by atoms with Crippen molar-refractivity contribution < 1.29 is 9.59 Å². The van der Waals surface area contributed by atoms with Crippen LogP contribution in [-0.4, -0.2) is 11.8 Å². The molecule has 2 bridgehead atoms. The van der Waals surface area contributed by atoms with Crippen LogP contribution in [0.3, 0.4) is 0 Å². The lowest BCUT2D eigenvalue weighted by molar-refractivity contribution is -0.122. The van der Waals surface area contributed by atoms with Gasteiger partial charge in [0.15, 0.2) is 0 Å². The van der Waals surface area contributed by atoms with E-state index in [2.05, 4.69) is 26.0 Å². The minimum absolute atomic E-state index is 0.0796. The fourth-order valence-corrected chi connectivity index (χ4v) is 4.66. The molecule has 0 aromatic heterocycles. The average molecular weight is 328 g/mol. The van der Waals surface area contributed by atoms with Crippen LogP contribution >= 0.6 is 11.6 Å². The third kappa shape index (κ3) is 1.83. The first-order chi connectivity index (χ1) is 10.9. The second-order valence-corrected chi connectivity index (χ2v) is 7.32. The fraction of sp³-hybridized carbons (Fsp3) is 0.368. The van der Waals surface area contributed by atoms with E-state index < -0.39 is 0 Å². The van der Waals surface area contributed by atoms with E-state index in [4.69, 9.17) is 11.6 Å². The SMILES string of the molecule is CC(C)=C1[C@@H]2C=C[C@@H]1[C@@H]1C(=O)N(c3cc(Cl)ccc3C)C(=O)[C@H]12. The van der Waals surface area contributed by atoms with Gasteiger partial charge in [-0.05, 0) is 38.5 Å². The van der Waals surface area contributed by atoms with Crippen LogP contribution in [0.5, 0.6) is 0 Å². The van der Waals surface area contributed by atoms with Crippen LogP contribution in [-0.2, 0) is 9.59 Å². The number of hydrogen-bond donors (Lipinski definition) is 0. The first kappa shape index (κ1) is 14.7. The van der Waals surface area contributed by atoms with Gasteiger partial charge in [-0.2, -0.15) is 0 Å². The van der Waals surface area contributed by atoms with Gasteiger partial charge in [0.2, 0.25) is 11.8 Å². The molecule has 4 rings (SSSR count). The van der Waals surface area contributed by atoms with E-state index in [1.807, 2.05) is 13.0 Å². The van der Waals surface area contributed by atoms with Crippen LogP contribution in [0, 0.1) is 30.6 Å². The topological polar surface area (TPSA) is 37.4 Å². The summed E-state index contributed by atoms with van der Waals surface area (Å²) in [5, 5.41) is 0.536. The molecule has 4 heteroatoms. The molecule has 4 atom stereocenters. The molecule has 1 aromatic carbocycles. The molecule has 2 fully saturated rings. The number of halogens is 1. The third-order valence-corrected chi connectivity index (χ3v) is 5.64. The van der Waals surface area contributed by atoms with E-state index in [1.165, 1.54) is 16.0 Å². The number of anilines is 1. The van der Waals surface area contributed by atoms with Crippen molar-refractivity contribution in [2.45, 2.75) is 20.8 Å². The van der Waals surface area contributed by atoms with Crippen molar-refractivity contribution in [3.63, 3.8) is 0 Å². The molecule has 0 unspecified atom stereocenters. The first-order valence-electron chi connectivity index (χ1n) is 7.91. The molecule has 23 heavy (non-hydrogen) atoms. The number of fused-ring (bicyclic) bond motifs is 5. The minimum Gasteiger partial charge on any atom is -0.274 e. The summed E-state index contributed by atoms with van der Waals surface area (Å²) in [5.41, 5.74) is 4.01. The number of carbonyl (C=O) groups is 2. The predicted octanol–water partition coefficient (Wildman–Crippen LogP) is 3.91. The lowest BCUT2D eigenvalue weighted by Gasteiger charge is -2.21.